The van der Waals surface area contributed by atoms with Gasteiger partial charge in [0.25, 0.3) is 0 Å². The number of hydrogen-bond acceptors (Lipinski definition) is 7. The van der Waals surface area contributed by atoms with Gasteiger partial charge < -0.3 is 9.15 Å². The van der Waals surface area contributed by atoms with E-state index in [1.165, 1.54) is 24.4 Å². The highest BCUT2D eigenvalue weighted by Gasteiger charge is 2.13. The molecule has 27 heavy (non-hydrogen) atoms. The molecule has 136 valence electrons. The number of aryl methyl sites for hydroxylation is 1. The molecule has 0 spiro atoms. The van der Waals surface area contributed by atoms with Gasteiger partial charge in [-0.15, -0.1) is 10.2 Å². The van der Waals surface area contributed by atoms with Crippen molar-refractivity contribution in [1.82, 2.24) is 19.8 Å². The highest BCUT2D eigenvalue weighted by Crippen LogP contribution is 2.24. The van der Waals surface area contributed by atoms with Crippen LogP contribution in [0, 0.1) is 6.92 Å². The first-order chi connectivity index (χ1) is 13.1. The number of aromatic nitrogens is 4. The maximum absolute atomic E-state index is 11.5. The Balaban J connectivity index is 1.56. The van der Waals surface area contributed by atoms with Crippen LogP contribution in [-0.4, -0.2) is 32.9 Å². The van der Waals surface area contributed by atoms with Crippen LogP contribution in [0.4, 0.5) is 0 Å². The van der Waals surface area contributed by atoms with Crippen molar-refractivity contribution >= 4 is 23.4 Å². The van der Waals surface area contributed by atoms with E-state index in [4.69, 9.17) is 4.42 Å². The van der Waals surface area contributed by atoms with Gasteiger partial charge in [-0.25, -0.2) is 4.79 Å². The molecule has 0 radical (unpaired) electrons. The van der Waals surface area contributed by atoms with E-state index in [-0.39, 0.29) is 5.76 Å². The highest BCUT2D eigenvalue weighted by atomic mass is 32.2. The van der Waals surface area contributed by atoms with Crippen LogP contribution in [0.15, 0.2) is 58.0 Å². The number of furan rings is 1. The molecule has 4 aromatic rings. The van der Waals surface area contributed by atoms with Gasteiger partial charge in [-0.05, 0) is 31.2 Å². The number of ether oxygens (including phenoxy) is 1. The molecule has 0 atom stereocenters. The van der Waals surface area contributed by atoms with Gasteiger partial charge in [0.15, 0.2) is 11.5 Å². The molecule has 0 unspecified atom stereocenters. The molecule has 3 aromatic heterocycles. The zero-order chi connectivity index (χ0) is 18.8. The lowest BCUT2D eigenvalue weighted by Crippen LogP contribution is -1.98. The monoisotopic (exact) mass is 380 g/mol. The quantitative estimate of drug-likeness (QED) is 0.385. The first-order valence-electron chi connectivity index (χ1n) is 8.23. The maximum atomic E-state index is 11.5. The topological polar surface area (TPSA) is 82.5 Å². The lowest BCUT2D eigenvalue weighted by atomic mass is 10.1. The Labute approximate surface area is 159 Å². The summed E-state index contributed by atoms with van der Waals surface area (Å²) in [6.07, 6.45) is 0. The van der Waals surface area contributed by atoms with Gasteiger partial charge in [0.05, 0.1) is 12.9 Å². The number of fused-ring (bicyclic) bond motifs is 1. The number of methoxy groups -OCH3 is 1. The second kappa shape index (κ2) is 7.24. The average Bonchev–Trinajstić information content (AvgIpc) is 3.33. The smallest absolute Gasteiger partial charge is 0.373 e. The summed E-state index contributed by atoms with van der Waals surface area (Å²) in [6, 6.07) is 15.2. The third-order valence-corrected chi connectivity index (χ3v) is 4.90. The fraction of sp³-hybridized carbons (Fsp3) is 0.158. The zero-order valence-electron chi connectivity index (χ0n) is 14.7. The van der Waals surface area contributed by atoms with Crippen molar-refractivity contribution in [3.8, 4) is 11.4 Å². The Morgan fingerprint density at radius 2 is 1.93 bits per heavy atom. The number of benzene rings is 1. The fourth-order valence-corrected chi connectivity index (χ4v) is 3.29. The minimum Gasteiger partial charge on any atom is -0.463 e. The Kier molecular flexibility index (Phi) is 4.64. The normalized spacial score (nSPS) is 11.0. The van der Waals surface area contributed by atoms with Crippen LogP contribution in [0.1, 0.15) is 21.9 Å². The molecule has 0 amide bonds. The Hall–Kier alpha value is -3.13. The largest absolute Gasteiger partial charge is 0.463 e. The summed E-state index contributed by atoms with van der Waals surface area (Å²) in [5, 5.41) is 13.9. The standard InChI is InChI=1S/C19H16N4O3S/c1-12-3-5-13(6-4-12)18-21-20-16-9-10-17(22-23(16)18)27-11-14-7-8-15(26-14)19(24)25-2/h3-10H,11H2,1-2H3. The summed E-state index contributed by atoms with van der Waals surface area (Å²) in [7, 11) is 1.32. The van der Waals surface area contributed by atoms with Gasteiger partial charge in [0.1, 0.15) is 10.8 Å². The minimum absolute atomic E-state index is 0.192. The highest BCUT2D eigenvalue weighted by molar-refractivity contribution is 7.98. The van der Waals surface area contributed by atoms with Crippen LogP contribution in [0.25, 0.3) is 17.0 Å². The van der Waals surface area contributed by atoms with Gasteiger partial charge >= 0.3 is 5.97 Å². The van der Waals surface area contributed by atoms with E-state index in [1.54, 1.807) is 16.6 Å². The van der Waals surface area contributed by atoms with Crippen molar-refractivity contribution in [2.24, 2.45) is 0 Å². The van der Waals surface area contributed by atoms with Crippen LogP contribution in [0.2, 0.25) is 0 Å². The van der Waals surface area contributed by atoms with Crippen LogP contribution < -0.4 is 0 Å². The Morgan fingerprint density at radius 1 is 1.11 bits per heavy atom. The molecule has 0 aliphatic rings. The maximum Gasteiger partial charge on any atom is 0.373 e. The SMILES string of the molecule is COC(=O)c1ccc(CSc2ccc3nnc(-c4ccc(C)cc4)n3n2)o1. The van der Waals surface area contributed by atoms with Crippen molar-refractivity contribution < 1.29 is 13.9 Å². The van der Waals surface area contributed by atoms with E-state index in [2.05, 4.69) is 20.0 Å². The van der Waals surface area contributed by atoms with Gasteiger partial charge in [-0.1, -0.05) is 41.6 Å². The van der Waals surface area contributed by atoms with Crippen molar-refractivity contribution in [1.29, 1.82) is 0 Å². The molecule has 0 aliphatic carbocycles. The van der Waals surface area contributed by atoms with Gasteiger partial charge in [-0.2, -0.15) is 9.61 Å². The number of carbonyl (C=O) groups excluding carboxylic acids is 1. The predicted octanol–water partition coefficient (Wildman–Crippen LogP) is 3.77. The molecule has 0 saturated heterocycles. The number of carbonyl (C=O) groups is 1. The fourth-order valence-electron chi connectivity index (χ4n) is 2.54. The van der Waals surface area contributed by atoms with E-state index < -0.39 is 5.97 Å². The molecule has 0 fully saturated rings. The predicted molar refractivity (Wildman–Crippen MR) is 101 cm³/mol. The van der Waals surface area contributed by atoms with Crippen LogP contribution in [0.3, 0.4) is 0 Å². The summed E-state index contributed by atoms with van der Waals surface area (Å²) in [5.41, 5.74) is 2.82. The number of thioether (sulfide) groups is 1. The molecule has 0 bridgehead atoms. The summed E-state index contributed by atoms with van der Waals surface area (Å²) in [6.45, 7) is 2.04. The molecule has 8 heteroatoms. The van der Waals surface area contributed by atoms with E-state index in [0.717, 1.165) is 10.6 Å². The lowest BCUT2D eigenvalue weighted by Gasteiger charge is -2.03. The summed E-state index contributed by atoms with van der Waals surface area (Å²) >= 11 is 1.50. The first kappa shape index (κ1) is 17.3. The van der Waals surface area contributed by atoms with E-state index >= 15 is 0 Å². The minimum atomic E-state index is -0.488. The number of esters is 1. The molecule has 4 rings (SSSR count). The number of nitrogens with zero attached hydrogens (tertiary/aromatic N) is 4. The lowest BCUT2D eigenvalue weighted by molar-refractivity contribution is 0.0563. The molecule has 7 nitrogen and oxygen atoms in total. The van der Waals surface area contributed by atoms with Gasteiger partial charge in [0.2, 0.25) is 5.76 Å². The molecule has 0 N–H and O–H groups in total. The Bertz CT molecular complexity index is 1100. The molecular formula is C19H16N4O3S. The summed E-state index contributed by atoms with van der Waals surface area (Å²) in [4.78, 5) is 11.5. The van der Waals surface area contributed by atoms with Gasteiger partial charge in [0, 0.05) is 5.56 Å². The summed E-state index contributed by atoms with van der Waals surface area (Å²) in [5.74, 6) is 1.61. The Morgan fingerprint density at radius 3 is 2.70 bits per heavy atom. The van der Waals surface area contributed by atoms with Crippen molar-refractivity contribution in [3.05, 3.63) is 65.6 Å². The third-order valence-electron chi connectivity index (χ3n) is 3.96. The molecule has 3 heterocycles. The molecular weight excluding hydrogens is 364 g/mol. The van der Waals surface area contributed by atoms with E-state index in [0.29, 0.717) is 23.0 Å². The van der Waals surface area contributed by atoms with Gasteiger partial charge in [-0.3, -0.25) is 0 Å². The second-order valence-corrected chi connectivity index (χ2v) is 6.87. The number of rotatable bonds is 5. The van der Waals surface area contributed by atoms with Crippen LogP contribution in [0.5, 0.6) is 0 Å². The van der Waals surface area contributed by atoms with Crippen LogP contribution >= 0.6 is 11.8 Å². The zero-order valence-corrected chi connectivity index (χ0v) is 15.6. The van der Waals surface area contributed by atoms with E-state index in [9.17, 15) is 4.79 Å². The molecule has 0 aliphatic heterocycles. The first-order valence-corrected chi connectivity index (χ1v) is 9.22. The average molecular weight is 380 g/mol. The van der Waals surface area contributed by atoms with E-state index in [1.807, 2.05) is 43.3 Å². The second-order valence-electron chi connectivity index (χ2n) is 5.88. The molecule has 0 saturated carbocycles. The van der Waals surface area contributed by atoms with Crippen LogP contribution in [-0.2, 0) is 10.5 Å². The van der Waals surface area contributed by atoms with Crippen molar-refractivity contribution in [3.63, 3.8) is 0 Å². The third kappa shape index (κ3) is 3.56. The summed E-state index contributed by atoms with van der Waals surface area (Å²) < 4.78 is 11.9. The number of hydrogen-bond donors (Lipinski definition) is 0. The van der Waals surface area contributed by atoms with Crippen molar-refractivity contribution in [2.45, 2.75) is 17.7 Å². The molecule has 1 aromatic carbocycles. The van der Waals surface area contributed by atoms with Crippen molar-refractivity contribution in [2.75, 3.05) is 7.11 Å².